The molecule has 0 aromatic rings. The van der Waals surface area contributed by atoms with Gasteiger partial charge >= 0.3 is 37.3 Å². The monoisotopic (exact) mass is 1710 g/mol. The number of phosphoric ester groups is 4. The number of aliphatic hydroxyl groups excluding tert-OH is 22. The SMILES string of the molecule is NCCOP(=O)(O)O[C@@H](CO)[C@H]1O[C@H](O[C@@H]2[C@H](O)[C@@H](O[C@H]3[C@@H]([C@H](O)CO)O[C@@](O)(C(=O)O)C[C@H]3OP(=O)(O)OP(=O)(O)OCCN)O[C@H]([C@@H](O)CO)[C@H]2O[C@@H]2O[C@H](COP(=O)(O)O)[C@@H](O[C@@H]3O[C@H](CO)[C@@H](O)[C@H](O)[C@H]3O)[C@H](O)[C@H]2O)[C@@H](O[C@H]2O[C@H]([C@@H](O)CO)[C@@H](O)[C@H](O[C@@H]3O[C@H](CO)[C@H](O)[C@H](O)[C@H]3O)[C@@H]2O)[C@@H](O)[C@@H]1O. The minimum absolute atomic E-state index is 0.499. The lowest BCUT2D eigenvalue weighted by Gasteiger charge is -2.53. The van der Waals surface area contributed by atoms with Crippen LogP contribution in [-0.2, 0) is 112 Å². The molecule has 7 aliphatic heterocycles. The Morgan fingerprint density at radius 2 is 0.836 bits per heavy atom. The summed E-state index contributed by atoms with van der Waals surface area (Å²) < 4.78 is 155. The number of hydrogen-bond donors (Lipinski definition) is 31. The van der Waals surface area contributed by atoms with Crippen molar-refractivity contribution in [3.05, 3.63) is 0 Å². The molecule has 0 aromatic heterocycles. The second-order valence-electron chi connectivity index (χ2n) is 25.5. The Bertz CT molecular complexity index is 3050. The molecule has 110 heavy (non-hydrogen) atoms. The van der Waals surface area contributed by atoms with Crippen LogP contribution in [0.25, 0.3) is 0 Å². The molecule has 0 spiro atoms. The van der Waals surface area contributed by atoms with E-state index in [2.05, 4.69) is 13.4 Å². The van der Waals surface area contributed by atoms with Gasteiger partial charge in [-0.15, -0.1) is 0 Å². The van der Waals surface area contributed by atoms with Crippen LogP contribution in [0, 0.1) is 0 Å². The second kappa shape index (κ2) is 40.5. The molecule has 0 aromatic carbocycles. The molecule has 0 saturated carbocycles. The van der Waals surface area contributed by atoms with E-state index in [1.54, 1.807) is 0 Å². The maximum Gasteiger partial charge on any atom is 0.481 e. The Labute approximate surface area is 617 Å². The fourth-order valence-corrected chi connectivity index (χ4v) is 15.8. The van der Waals surface area contributed by atoms with Gasteiger partial charge in [0.1, 0.15) is 189 Å². The number of aliphatic carboxylic acids is 1. The van der Waals surface area contributed by atoms with Gasteiger partial charge in [-0.3, -0.25) is 22.6 Å². The van der Waals surface area contributed by atoms with Gasteiger partial charge in [-0.1, -0.05) is 0 Å². The molecule has 7 saturated heterocycles. The van der Waals surface area contributed by atoms with Crippen molar-refractivity contribution >= 4 is 37.3 Å². The first kappa shape index (κ1) is 95.6. The van der Waals surface area contributed by atoms with Crippen LogP contribution < -0.4 is 11.5 Å². The van der Waals surface area contributed by atoms with E-state index >= 15 is 0 Å². The predicted octanol–water partition coefficient (Wildman–Crippen LogP) is -17.9. The van der Waals surface area contributed by atoms with E-state index in [-0.39, 0.29) is 0 Å². The molecule has 0 bridgehead atoms. The zero-order valence-corrected chi connectivity index (χ0v) is 60.1. The van der Waals surface area contributed by atoms with Crippen LogP contribution in [-0.4, -0.2) is 458 Å². The minimum Gasteiger partial charge on any atom is -0.477 e. The molecule has 0 aliphatic carbocycles. The quantitative estimate of drug-likeness (QED) is 0.0255. The Morgan fingerprint density at radius 1 is 0.418 bits per heavy atom. The van der Waals surface area contributed by atoms with Gasteiger partial charge in [0, 0.05) is 19.5 Å². The van der Waals surface area contributed by atoms with Gasteiger partial charge in [0.15, 0.2) is 37.7 Å². The zero-order chi connectivity index (χ0) is 82.4. The van der Waals surface area contributed by atoms with Crippen molar-refractivity contribution in [2.45, 2.75) is 239 Å². The molecular weight excluding hydrogens is 1610 g/mol. The fourth-order valence-electron chi connectivity index (χ4n) is 12.3. The Balaban J connectivity index is 1.43. The largest absolute Gasteiger partial charge is 0.481 e. The van der Waals surface area contributed by atoms with Gasteiger partial charge < -0.3 is 220 Å². The van der Waals surface area contributed by atoms with E-state index in [0.29, 0.717) is 0 Å². The van der Waals surface area contributed by atoms with Gasteiger partial charge in [-0.05, 0) is 0 Å². The van der Waals surface area contributed by atoms with Crippen LogP contribution in [0.15, 0.2) is 0 Å². The summed E-state index contributed by atoms with van der Waals surface area (Å²) in [6, 6.07) is 0. The van der Waals surface area contributed by atoms with E-state index in [4.69, 9.17) is 86.6 Å². The molecule has 41 atom stereocenters. The van der Waals surface area contributed by atoms with Gasteiger partial charge in [0.2, 0.25) is 0 Å². The first-order valence-electron chi connectivity index (χ1n) is 32.8. The molecule has 7 heterocycles. The maximum absolute atomic E-state index is 13.7. The fraction of sp³-hybridized carbons (Fsp3) is 0.980. The third-order valence-electron chi connectivity index (χ3n) is 17.8. The molecule has 7 fully saturated rings. The number of nitrogens with two attached hydrogens (primary N) is 2. The summed E-state index contributed by atoms with van der Waals surface area (Å²) in [5.74, 6) is -6.22. The lowest BCUT2D eigenvalue weighted by atomic mass is 9.91. The standard InChI is InChI=1S/C51H94N2O53P4/c52-1-3-88-108(82,83)105-19(11-59)37-25(67)26(68)42(101-47-32(74)40(31(73)34(94-47)13(60)6-54)99-45-29(71)24(66)22(64)18(10-58)92-45)49(97-37)100-41-33(75)48(98-39-16(104-110(86,87)106-109(84,85)89-4-2-53)5-51(78,50(76)77)103-36(39)15(62)8-56)95-35(14(61)7-55)43(41)102-46-30(72)27(69)38(20(93-46)12-90-107(79,80)81)96-44-28(70)23(65)21(63)17(9-57)91-44/h13-49,54-75,78H,1-12,52-53H2,(H,76,77)(H,82,83)(H,84,85)(H,86,87)(H2,79,80,81)/t13-,14-,15+,16+,17+,18+,19-,20+,21+,22-,23-,24-,25-,26-,27+,28+,29+,30+,31+,32-,33-,34+,35+,36+,37+,38+,39+,40-,41+,42-,43+,44-,45-,46-,47+,48+,49+,51+/m0/s1. The molecular formula is C51H94N2O53P4. The minimum atomic E-state index is -6.38. The third kappa shape index (κ3) is 23.1. The Hall–Kier alpha value is -1.57. The summed E-state index contributed by atoms with van der Waals surface area (Å²) in [7, 11) is -23.5. The summed E-state index contributed by atoms with van der Waals surface area (Å²) in [4.78, 5) is 64.3. The van der Waals surface area contributed by atoms with Crippen molar-refractivity contribution in [3.8, 4) is 0 Å². The van der Waals surface area contributed by atoms with Crippen LogP contribution >= 0.6 is 31.3 Å². The average molecular weight is 1710 g/mol. The van der Waals surface area contributed by atoms with Gasteiger partial charge in [0.25, 0.3) is 5.79 Å². The molecule has 0 amide bonds. The van der Waals surface area contributed by atoms with Crippen LogP contribution in [0.3, 0.4) is 0 Å². The molecule has 646 valence electrons. The summed E-state index contributed by atoms with van der Waals surface area (Å²) in [6.45, 7) is -12.7. The number of carbonyl (C=O) groups is 1. The van der Waals surface area contributed by atoms with E-state index in [1.807, 2.05) is 0 Å². The number of carboxylic acids is 1. The van der Waals surface area contributed by atoms with Crippen molar-refractivity contribution in [1.29, 1.82) is 0 Å². The predicted molar refractivity (Wildman–Crippen MR) is 330 cm³/mol. The topological polar surface area (TPSA) is 899 Å². The van der Waals surface area contributed by atoms with Crippen LogP contribution in [0.2, 0.25) is 0 Å². The highest BCUT2D eigenvalue weighted by atomic mass is 31.3. The highest BCUT2D eigenvalue weighted by Gasteiger charge is 2.63. The summed E-state index contributed by atoms with van der Waals surface area (Å²) in [6.07, 6.45) is -97.0. The number of phosphoric acid groups is 4. The van der Waals surface area contributed by atoms with Crippen molar-refractivity contribution in [2.24, 2.45) is 11.5 Å². The number of aliphatic hydroxyl groups is 23. The summed E-state index contributed by atoms with van der Waals surface area (Å²) in [5, 5.41) is 266. The molecule has 33 N–H and O–H groups in total. The summed E-state index contributed by atoms with van der Waals surface area (Å²) >= 11 is 0. The van der Waals surface area contributed by atoms with Crippen molar-refractivity contribution in [3.63, 3.8) is 0 Å². The van der Waals surface area contributed by atoms with E-state index in [9.17, 15) is 170 Å². The molecule has 7 rings (SSSR count). The lowest BCUT2D eigenvalue weighted by molar-refractivity contribution is -0.418. The number of hydrogen-bond acceptors (Lipinski definition) is 49. The first-order chi connectivity index (χ1) is 51.3. The van der Waals surface area contributed by atoms with Gasteiger partial charge in [-0.2, -0.15) is 4.31 Å². The number of rotatable bonds is 38. The van der Waals surface area contributed by atoms with Gasteiger partial charge in [0.05, 0.1) is 59.5 Å². The molecule has 0 radical (unpaired) electrons. The normalized spacial score (nSPS) is 44.5. The van der Waals surface area contributed by atoms with Crippen LogP contribution in [0.4, 0.5) is 0 Å². The van der Waals surface area contributed by atoms with Crippen LogP contribution in [0.1, 0.15) is 6.42 Å². The zero-order valence-electron chi connectivity index (χ0n) is 56.6. The van der Waals surface area contributed by atoms with Crippen molar-refractivity contribution < 1.29 is 259 Å². The Morgan fingerprint density at radius 3 is 1.34 bits per heavy atom. The van der Waals surface area contributed by atoms with E-state index in [1.165, 1.54) is 0 Å². The molecule has 7 aliphatic rings. The van der Waals surface area contributed by atoms with E-state index < -0.39 is 349 Å². The first-order valence-corrected chi connectivity index (χ1v) is 38.8. The summed E-state index contributed by atoms with van der Waals surface area (Å²) in [5.41, 5.74) is 10.7. The third-order valence-corrected chi connectivity index (χ3v) is 22.0. The lowest BCUT2D eigenvalue weighted by Crippen LogP contribution is -2.71. The highest BCUT2D eigenvalue weighted by Crippen LogP contribution is 2.62. The van der Waals surface area contributed by atoms with Gasteiger partial charge in [-0.25, -0.2) is 23.1 Å². The average Bonchev–Trinajstić information content (AvgIpc) is 0.752. The highest BCUT2D eigenvalue weighted by molar-refractivity contribution is 7.61. The number of ether oxygens (including phenoxy) is 13. The maximum atomic E-state index is 13.7. The van der Waals surface area contributed by atoms with Crippen molar-refractivity contribution in [2.75, 3.05) is 72.6 Å². The second-order valence-corrected chi connectivity index (χ2v) is 31.1. The molecule has 55 nitrogen and oxygen atoms in total. The van der Waals surface area contributed by atoms with Crippen molar-refractivity contribution in [1.82, 2.24) is 0 Å². The smallest absolute Gasteiger partial charge is 0.477 e. The van der Waals surface area contributed by atoms with Crippen LogP contribution in [0.5, 0.6) is 0 Å². The van der Waals surface area contributed by atoms with E-state index in [0.717, 1.165) is 0 Å². The Kier molecular flexibility index (Phi) is 35.2. The molecule has 59 heteroatoms. The molecule has 3 unspecified atom stereocenters. The number of carboxylic acid groups (broad SMARTS) is 1.